The van der Waals surface area contributed by atoms with Crippen LogP contribution in [0.15, 0.2) is 11.6 Å². The molecule has 0 bridgehead atoms. The first-order valence-corrected chi connectivity index (χ1v) is 3.91. The Balaban J connectivity index is 2.19. The van der Waals surface area contributed by atoms with Crippen molar-refractivity contribution in [2.45, 2.75) is 33.1 Å². The lowest BCUT2D eigenvalue weighted by atomic mass is 10.0. The zero-order chi connectivity index (χ0) is 6.48. The van der Waals surface area contributed by atoms with Gasteiger partial charge in [-0.3, -0.25) is 0 Å². The van der Waals surface area contributed by atoms with Crippen molar-refractivity contribution in [2.75, 3.05) is 0 Å². The van der Waals surface area contributed by atoms with Crippen molar-refractivity contribution in [1.29, 1.82) is 0 Å². The van der Waals surface area contributed by atoms with E-state index in [1.807, 2.05) is 0 Å². The molecule has 1 fully saturated rings. The largest absolute Gasteiger partial charge is 0.0791 e. The Morgan fingerprint density at radius 3 is 2.56 bits per heavy atom. The first-order chi connectivity index (χ1) is 4.23. The minimum atomic E-state index is 0.712. The van der Waals surface area contributed by atoms with Gasteiger partial charge in [0.15, 0.2) is 0 Å². The Bertz CT molecular complexity index is 167. The van der Waals surface area contributed by atoms with E-state index in [1.165, 1.54) is 19.3 Å². The standard InChI is InChI=1S/C9H14/c1-7-3-4-9(5-7)6-8(9)2/h5,8H,3-4,6H2,1-2H3. The summed E-state index contributed by atoms with van der Waals surface area (Å²) in [6.07, 6.45) is 6.78. The molecule has 0 aromatic rings. The van der Waals surface area contributed by atoms with Gasteiger partial charge in [-0.25, -0.2) is 0 Å². The fourth-order valence-corrected chi connectivity index (χ4v) is 2.13. The minimum absolute atomic E-state index is 0.712. The number of allylic oxidation sites excluding steroid dienone is 2. The van der Waals surface area contributed by atoms with Crippen LogP contribution in [0.2, 0.25) is 0 Å². The third-order valence-corrected chi connectivity index (χ3v) is 3.03. The number of hydrogen-bond acceptors (Lipinski definition) is 0. The quantitative estimate of drug-likeness (QED) is 0.433. The maximum atomic E-state index is 2.51. The molecule has 0 radical (unpaired) electrons. The molecule has 2 aliphatic carbocycles. The highest BCUT2D eigenvalue weighted by molar-refractivity contribution is 5.23. The molecule has 0 nitrogen and oxygen atoms in total. The second-order valence-electron chi connectivity index (χ2n) is 3.83. The van der Waals surface area contributed by atoms with Crippen LogP contribution in [0.1, 0.15) is 33.1 Å². The predicted molar refractivity (Wildman–Crippen MR) is 39.2 cm³/mol. The second kappa shape index (κ2) is 1.42. The molecule has 2 rings (SSSR count). The summed E-state index contributed by atoms with van der Waals surface area (Å²) in [5.74, 6) is 0.995. The Kier molecular flexibility index (Phi) is 0.870. The van der Waals surface area contributed by atoms with E-state index in [9.17, 15) is 0 Å². The Morgan fingerprint density at radius 2 is 2.33 bits per heavy atom. The molecule has 0 N–H and O–H groups in total. The van der Waals surface area contributed by atoms with Crippen LogP contribution in [0.4, 0.5) is 0 Å². The molecule has 0 aromatic carbocycles. The van der Waals surface area contributed by atoms with Crippen LogP contribution in [-0.2, 0) is 0 Å². The van der Waals surface area contributed by atoms with Crippen molar-refractivity contribution in [3.05, 3.63) is 11.6 Å². The Hall–Kier alpha value is -0.260. The van der Waals surface area contributed by atoms with Gasteiger partial charge in [0.2, 0.25) is 0 Å². The Labute approximate surface area is 57.0 Å². The fourth-order valence-electron chi connectivity index (χ4n) is 2.13. The summed E-state index contributed by atoms with van der Waals surface area (Å²) < 4.78 is 0. The molecule has 0 amide bonds. The van der Waals surface area contributed by atoms with Gasteiger partial charge in [0.25, 0.3) is 0 Å². The third-order valence-electron chi connectivity index (χ3n) is 3.03. The molecule has 1 saturated carbocycles. The van der Waals surface area contributed by atoms with Crippen molar-refractivity contribution in [3.8, 4) is 0 Å². The molecule has 1 spiro atoms. The summed E-state index contributed by atoms with van der Waals surface area (Å²) in [7, 11) is 0. The van der Waals surface area contributed by atoms with Gasteiger partial charge in [0.1, 0.15) is 0 Å². The molecular weight excluding hydrogens is 108 g/mol. The highest BCUT2D eigenvalue weighted by atomic mass is 14.5. The molecular formula is C9H14. The molecule has 2 aliphatic rings. The second-order valence-corrected chi connectivity index (χ2v) is 3.83. The van der Waals surface area contributed by atoms with Gasteiger partial charge in [-0.05, 0) is 37.5 Å². The fraction of sp³-hybridized carbons (Fsp3) is 0.778. The molecule has 0 saturated heterocycles. The Morgan fingerprint density at radius 1 is 1.67 bits per heavy atom. The summed E-state index contributed by atoms with van der Waals surface area (Å²) in [5.41, 5.74) is 2.34. The van der Waals surface area contributed by atoms with Crippen LogP contribution in [0.3, 0.4) is 0 Å². The maximum absolute atomic E-state index is 2.51. The molecule has 2 unspecified atom stereocenters. The van der Waals surface area contributed by atoms with E-state index >= 15 is 0 Å². The van der Waals surface area contributed by atoms with Crippen LogP contribution in [0.25, 0.3) is 0 Å². The lowest BCUT2D eigenvalue weighted by Gasteiger charge is -1.99. The summed E-state index contributed by atoms with van der Waals surface area (Å²) in [5, 5.41) is 0. The molecule has 9 heavy (non-hydrogen) atoms. The zero-order valence-electron chi connectivity index (χ0n) is 6.28. The summed E-state index contributed by atoms with van der Waals surface area (Å²) >= 11 is 0. The van der Waals surface area contributed by atoms with Crippen LogP contribution in [-0.4, -0.2) is 0 Å². The van der Waals surface area contributed by atoms with Crippen molar-refractivity contribution in [2.24, 2.45) is 11.3 Å². The van der Waals surface area contributed by atoms with Crippen LogP contribution >= 0.6 is 0 Å². The van der Waals surface area contributed by atoms with Crippen molar-refractivity contribution < 1.29 is 0 Å². The summed E-state index contributed by atoms with van der Waals surface area (Å²) in [6, 6.07) is 0. The van der Waals surface area contributed by atoms with E-state index in [2.05, 4.69) is 19.9 Å². The lowest BCUT2D eigenvalue weighted by Crippen LogP contribution is -1.90. The van der Waals surface area contributed by atoms with Crippen molar-refractivity contribution >= 4 is 0 Å². The maximum Gasteiger partial charge on any atom is -0.00838 e. The van der Waals surface area contributed by atoms with E-state index in [-0.39, 0.29) is 0 Å². The van der Waals surface area contributed by atoms with Crippen LogP contribution < -0.4 is 0 Å². The molecule has 0 heteroatoms. The van der Waals surface area contributed by atoms with E-state index < -0.39 is 0 Å². The zero-order valence-corrected chi connectivity index (χ0v) is 6.28. The van der Waals surface area contributed by atoms with Gasteiger partial charge in [-0.2, -0.15) is 0 Å². The molecule has 0 heterocycles. The van der Waals surface area contributed by atoms with E-state index in [0.717, 1.165) is 5.92 Å². The normalized spacial score (nSPS) is 47.8. The van der Waals surface area contributed by atoms with Gasteiger partial charge in [-0.15, -0.1) is 0 Å². The first kappa shape index (κ1) is 5.52. The number of hydrogen-bond donors (Lipinski definition) is 0. The molecule has 50 valence electrons. The topological polar surface area (TPSA) is 0 Å². The van der Waals surface area contributed by atoms with Gasteiger partial charge in [0.05, 0.1) is 0 Å². The molecule has 0 aliphatic heterocycles. The van der Waals surface area contributed by atoms with Gasteiger partial charge in [-0.1, -0.05) is 18.6 Å². The average molecular weight is 122 g/mol. The highest BCUT2D eigenvalue weighted by Gasteiger charge is 2.50. The molecule has 2 atom stereocenters. The van der Waals surface area contributed by atoms with Crippen LogP contribution in [0.5, 0.6) is 0 Å². The highest BCUT2D eigenvalue weighted by Crippen LogP contribution is 2.60. The van der Waals surface area contributed by atoms with E-state index in [1.54, 1.807) is 5.57 Å². The van der Waals surface area contributed by atoms with E-state index in [4.69, 9.17) is 0 Å². The average Bonchev–Trinajstić information content (AvgIpc) is 2.17. The summed E-state index contributed by atoms with van der Waals surface area (Å²) in [6.45, 7) is 4.63. The van der Waals surface area contributed by atoms with Crippen molar-refractivity contribution in [1.82, 2.24) is 0 Å². The smallest absolute Gasteiger partial charge is 0.00838 e. The molecule has 0 aromatic heterocycles. The van der Waals surface area contributed by atoms with Gasteiger partial charge in [0, 0.05) is 0 Å². The van der Waals surface area contributed by atoms with Gasteiger partial charge >= 0.3 is 0 Å². The first-order valence-electron chi connectivity index (χ1n) is 3.91. The predicted octanol–water partition coefficient (Wildman–Crippen LogP) is 2.75. The lowest BCUT2D eigenvalue weighted by molar-refractivity contribution is 0.574. The minimum Gasteiger partial charge on any atom is -0.0791 e. The SMILES string of the molecule is CC1=CC2(CC1)CC2C. The summed E-state index contributed by atoms with van der Waals surface area (Å²) in [4.78, 5) is 0. The van der Waals surface area contributed by atoms with Crippen LogP contribution in [0, 0.1) is 11.3 Å². The van der Waals surface area contributed by atoms with Gasteiger partial charge < -0.3 is 0 Å². The number of rotatable bonds is 0. The van der Waals surface area contributed by atoms with Crippen molar-refractivity contribution in [3.63, 3.8) is 0 Å². The van der Waals surface area contributed by atoms with E-state index in [0.29, 0.717) is 5.41 Å². The third kappa shape index (κ3) is 0.654. The monoisotopic (exact) mass is 122 g/mol.